The third kappa shape index (κ3) is 13.2. The minimum Gasteiger partial charge on any atom is -0.481 e. The van der Waals surface area contributed by atoms with Crippen molar-refractivity contribution in [2.75, 3.05) is 33.8 Å². The van der Waals surface area contributed by atoms with Gasteiger partial charge in [-0.15, -0.1) is 0 Å². The Labute approximate surface area is 240 Å². The van der Waals surface area contributed by atoms with Crippen molar-refractivity contribution in [2.24, 2.45) is 28.3 Å². The van der Waals surface area contributed by atoms with Crippen LogP contribution in [0.5, 0.6) is 0 Å². The maximum absolute atomic E-state index is 13.7. The molecule has 1 saturated heterocycles. The second-order valence-corrected chi connectivity index (χ2v) is 10.7. The number of nitrogens with one attached hydrogen (secondary N) is 3. The lowest BCUT2D eigenvalue weighted by Crippen LogP contribution is -2.56. The van der Waals surface area contributed by atoms with E-state index in [0.29, 0.717) is 32.2 Å². The maximum atomic E-state index is 13.7. The lowest BCUT2D eigenvalue weighted by Gasteiger charge is -2.39. The maximum Gasteiger partial charge on any atom is 0.326 e. The third-order valence-corrected chi connectivity index (χ3v) is 6.94. The minimum absolute atomic E-state index is 0.0695. The van der Waals surface area contributed by atoms with Crippen LogP contribution in [-0.4, -0.2) is 109 Å². The number of amides is 3. The van der Waals surface area contributed by atoms with Gasteiger partial charge in [0.05, 0.1) is 12.1 Å². The molecule has 1 aliphatic heterocycles. The molecule has 0 spiro atoms. The molecule has 41 heavy (non-hydrogen) atoms. The van der Waals surface area contributed by atoms with Crippen LogP contribution in [0.15, 0.2) is 4.99 Å². The predicted molar refractivity (Wildman–Crippen MR) is 151 cm³/mol. The molecule has 0 aromatic heterocycles. The fourth-order valence-electron chi connectivity index (χ4n) is 4.81. The lowest BCUT2D eigenvalue weighted by molar-refractivity contribution is -0.144. The van der Waals surface area contributed by atoms with Crippen molar-refractivity contribution in [1.29, 1.82) is 0 Å². The van der Waals surface area contributed by atoms with Gasteiger partial charge in [0.15, 0.2) is 5.96 Å². The summed E-state index contributed by atoms with van der Waals surface area (Å²) in [6, 6.07) is -2.68. The Kier molecular flexibility index (Phi) is 15.7. The number of rotatable bonds is 18. The van der Waals surface area contributed by atoms with Gasteiger partial charge in [-0.25, -0.2) is 4.79 Å². The molecule has 9 N–H and O–H groups in total. The predicted octanol–water partition coefficient (Wildman–Crippen LogP) is -1.15. The molecule has 0 aromatic carbocycles. The number of hydrogen-bond acceptors (Lipinski definition) is 8. The Hall–Kier alpha value is -3.46. The summed E-state index contributed by atoms with van der Waals surface area (Å²) in [5.41, 5.74) is 10.8. The summed E-state index contributed by atoms with van der Waals surface area (Å²) in [7, 11) is 3.18. The molecule has 1 aliphatic rings. The summed E-state index contributed by atoms with van der Waals surface area (Å²) in [5.74, 6) is -3.97. The second-order valence-electron chi connectivity index (χ2n) is 10.7. The average Bonchev–Trinajstić information content (AvgIpc) is 2.90. The average molecular weight is 586 g/mol. The van der Waals surface area contributed by atoms with Gasteiger partial charge < -0.3 is 47.3 Å². The van der Waals surface area contributed by atoms with Crippen LogP contribution in [0.25, 0.3) is 0 Å². The largest absolute Gasteiger partial charge is 0.481 e. The van der Waals surface area contributed by atoms with Gasteiger partial charge in [0.25, 0.3) is 0 Å². The Morgan fingerprint density at radius 2 is 1.73 bits per heavy atom. The number of carbonyl (C=O) groups excluding carboxylic acids is 3. The first kappa shape index (κ1) is 35.6. The van der Waals surface area contributed by atoms with Crippen LogP contribution in [0.3, 0.4) is 0 Å². The number of nitrogens with zero attached hydrogens (tertiary/aromatic N) is 2. The van der Waals surface area contributed by atoms with E-state index < -0.39 is 48.3 Å². The van der Waals surface area contributed by atoms with E-state index in [9.17, 15) is 29.1 Å². The van der Waals surface area contributed by atoms with Crippen molar-refractivity contribution in [2.45, 2.75) is 83.0 Å². The number of likely N-dealkylation sites (N-methyl/N-ethyl adjacent to an activating group) is 1. The normalized spacial score (nSPS) is 19.1. The number of aliphatic imine (C=N–C) groups is 1. The number of carboxylic acids is 2. The molecule has 1 heterocycles. The summed E-state index contributed by atoms with van der Waals surface area (Å²) in [6.07, 6.45) is 0.587. The van der Waals surface area contributed by atoms with Crippen LogP contribution in [-0.2, 0) is 28.7 Å². The van der Waals surface area contributed by atoms with Gasteiger partial charge in [-0.3, -0.25) is 24.2 Å². The first-order valence-electron chi connectivity index (χ1n) is 13.9. The van der Waals surface area contributed by atoms with Crippen LogP contribution < -0.4 is 27.4 Å². The molecule has 15 heteroatoms. The first-order chi connectivity index (χ1) is 19.3. The molecule has 234 valence electrons. The molecule has 0 bridgehead atoms. The monoisotopic (exact) mass is 585 g/mol. The molecule has 1 rings (SSSR count). The van der Waals surface area contributed by atoms with Gasteiger partial charge in [-0.1, -0.05) is 13.8 Å². The van der Waals surface area contributed by atoms with Crippen LogP contribution in [0, 0.1) is 11.8 Å². The molecule has 0 unspecified atom stereocenters. The molecule has 0 aliphatic carbocycles. The molecule has 1 fully saturated rings. The van der Waals surface area contributed by atoms with Gasteiger partial charge in [0.2, 0.25) is 17.7 Å². The minimum atomic E-state index is -1.35. The third-order valence-electron chi connectivity index (χ3n) is 6.94. The van der Waals surface area contributed by atoms with E-state index in [0.717, 1.165) is 0 Å². The molecular formula is C26H47N7O8. The van der Waals surface area contributed by atoms with E-state index in [1.54, 1.807) is 11.9 Å². The van der Waals surface area contributed by atoms with E-state index >= 15 is 0 Å². The molecule has 0 radical (unpaired) electrons. The van der Waals surface area contributed by atoms with Crippen LogP contribution in [0.2, 0.25) is 0 Å². The first-order valence-corrected chi connectivity index (χ1v) is 13.9. The highest BCUT2D eigenvalue weighted by molar-refractivity contribution is 5.90. The van der Waals surface area contributed by atoms with Gasteiger partial charge in [0, 0.05) is 45.5 Å². The van der Waals surface area contributed by atoms with Crippen LogP contribution >= 0.6 is 0 Å². The quantitative estimate of drug-likeness (QED) is 0.0575. The molecule has 15 nitrogen and oxygen atoms in total. The zero-order chi connectivity index (χ0) is 31.1. The summed E-state index contributed by atoms with van der Waals surface area (Å²) in [6.45, 7) is 4.77. The Balaban J connectivity index is 3.01. The van der Waals surface area contributed by atoms with Crippen molar-refractivity contribution in [1.82, 2.24) is 20.9 Å². The topological polar surface area (TPSA) is 239 Å². The van der Waals surface area contributed by atoms with Gasteiger partial charge >= 0.3 is 11.9 Å². The van der Waals surface area contributed by atoms with E-state index in [4.69, 9.17) is 21.3 Å². The van der Waals surface area contributed by atoms with E-state index in [1.165, 1.54) is 7.11 Å². The summed E-state index contributed by atoms with van der Waals surface area (Å²) < 4.78 is 5.55. The molecule has 5 atom stereocenters. The second kappa shape index (κ2) is 18.1. The number of guanidine groups is 1. The highest BCUT2D eigenvalue weighted by Crippen LogP contribution is 2.24. The number of carboxylic acid groups (broad SMARTS) is 2. The Morgan fingerprint density at radius 1 is 1.05 bits per heavy atom. The van der Waals surface area contributed by atoms with Crippen molar-refractivity contribution >= 4 is 35.6 Å². The zero-order valence-corrected chi connectivity index (χ0v) is 24.4. The Morgan fingerprint density at radius 3 is 2.27 bits per heavy atom. The number of hydrogen-bond donors (Lipinski definition) is 7. The number of carbonyl (C=O) groups is 5. The van der Waals surface area contributed by atoms with E-state index in [-0.39, 0.29) is 55.7 Å². The smallest absolute Gasteiger partial charge is 0.326 e. The zero-order valence-electron chi connectivity index (χ0n) is 24.4. The number of likely N-dealkylation sites (tertiary alicyclic amines) is 1. The van der Waals surface area contributed by atoms with Crippen molar-refractivity contribution in [3.05, 3.63) is 0 Å². The lowest BCUT2D eigenvalue weighted by atomic mass is 9.90. The number of aliphatic carboxylic acids is 2. The summed E-state index contributed by atoms with van der Waals surface area (Å²) in [4.78, 5) is 67.3. The van der Waals surface area contributed by atoms with Crippen LogP contribution in [0.4, 0.5) is 0 Å². The van der Waals surface area contributed by atoms with Gasteiger partial charge in [-0.2, -0.15) is 0 Å². The van der Waals surface area contributed by atoms with Crippen molar-refractivity contribution in [3.63, 3.8) is 0 Å². The summed E-state index contributed by atoms with van der Waals surface area (Å²) in [5, 5.41) is 26.5. The van der Waals surface area contributed by atoms with Gasteiger partial charge in [-0.05, 0) is 45.1 Å². The molecular weight excluding hydrogens is 538 g/mol. The highest BCUT2D eigenvalue weighted by atomic mass is 16.5. The summed E-state index contributed by atoms with van der Waals surface area (Å²) >= 11 is 0. The molecule has 0 saturated carbocycles. The van der Waals surface area contributed by atoms with E-state index in [2.05, 4.69) is 20.9 Å². The van der Waals surface area contributed by atoms with E-state index in [1.807, 2.05) is 13.8 Å². The number of methoxy groups -OCH3 is 1. The fraction of sp³-hybridized carbons (Fsp3) is 0.769. The molecule has 0 aromatic rings. The van der Waals surface area contributed by atoms with Crippen molar-refractivity contribution in [3.8, 4) is 0 Å². The number of piperidine rings is 1. The fourth-order valence-corrected chi connectivity index (χ4v) is 4.81. The standard InChI is InChI=1S/C26H47N7O8/c1-15(2)12-19(29-3)23(37)32-17(6-5-10-30-26(27)28)24(38)33-11-9-20(41-4)16(14-33)13-21(34)31-18(25(39)40)7-8-22(35)36/h15-20,29H,5-14H2,1-4H3,(H,31,34)(H,32,37)(H,35,36)(H,39,40)(H4,27,28,30)/t16-,17+,18+,19+,20+/m1/s1. The van der Waals surface area contributed by atoms with Gasteiger partial charge in [0.1, 0.15) is 12.1 Å². The number of nitrogens with two attached hydrogens (primary N) is 2. The SMILES string of the molecule is CN[C@@H](CC(C)C)C(=O)N[C@@H](CCCN=C(N)N)C(=O)N1CC[C@H](OC)[C@H](CC(=O)N[C@@H](CCC(=O)O)C(=O)O)C1. The van der Waals surface area contributed by atoms with Crippen molar-refractivity contribution < 1.29 is 38.9 Å². The highest BCUT2D eigenvalue weighted by Gasteiger charge is 2.36. The Bertz CT molecular complexity index is 926. The molecule has 3 amide bonds. The van der Waals surface area contributed by atoms with Crippen LogP contribution in [0.1, 0.15) is 58.8 Å². The number of ether oxygens (including phenoxy) is 1.